The van der Waals surface area contributed by atoms with Gasteiger partial charge in [-0.3, -0.25) is 0 Å². The highest BCUT2D eigenvalue weighted by molar-refractivity contribution is 5.74. The van der Waals surface area contributed by atoms with E-state index in [9.17, 15) is 4.79 Å². The third-order valence-corrected chi connectivity index (χ3v) is 4.30. The van der Waals surface area contributed by atoms with Gasteiger partial charge in [0.2, 0.25) is 0 Å². The van der Waals surface area contributed by atoms with Crippen LogP contribution in [-0.4, -0.2) is 27.9 Å². The summed E-state index contributed by atoms with van der Waals surface area (Å²) in [6.07, 6.45) is 3.95. The molecule has 2 amide bonds. The van der Waals surface area contributed by atoms with E-state index in [4.69, 9.17) is 4.74 Å². The van der Waals surface area contributed by atoms with E-state index >= 15 is 0 Å². The Balaban J connectivity index is 1.59. The molecule has 1 heterocycles. The summed E-state index contributed by atoms with van der Waals surface area (Å²) >= 11 is 0. The first-order valence-electron chi connectivity index (χ1n) is 8.26. The normalized spacial score (nSPS) is 14.9. The van der Waals surface area contributed by atoms with Gasteiger partial charge in [0.1, 0.15) is 12.1 Å². The number of hydrogen-bond donors (Lipinski definition) is 2. The number of amides is 2. The second-order valence-electron chi connectivity index (χ2n) is 5.95. The Kier molecular flexibility index (Phi) is 4.98. The molecule has 1 aliphatic carbocycles. The number of aromatic nitrogens is 3. The zero-order valence-corrected chi connectivity index (χ0v) is 14.0. The highest BCUT2D eigenvalue weighted by atomic mass is 16.5. The summed E-state index contributed by atoms with van der Waals surface area (Å²) in [4.78, 5) is 12.3. The highest BCUT2D eigenvalue weighted by Crippen LogP contribution is 2.41. The maximum atomic E-state index is 12.3. The lowest BCUT2D eigenvalue weighted by molar-refractivity contribution is 0.234. The molecular weight excluding hydrogens is 306 g/mol. The summed E-state index contributed by atoms with van der Waals surface area (Å²) in [6.45, 7) is 3.15. The molecule has 3 rings (SSSR count). The smallest absolute Gasteiger partial charge is 0.315 e. The maximum absolute atomic E-state index is 12.3. The molecule has 1 aliphatic rings. The van der Waals surface area contributed by atoms with Crippen molar-refractivity contribution in [3.63, 3.8) is 0 Å². The number of hydrogen-bond acceptors (Lipinski definition) is 4. The first-order chi connectivity index (χ1) is 11.7. The van der Waals surface area contributed by atoms with Crippen LogP contribution >= 0.6 is 0 Å². The number of methoxy groups -OCH3 is 1. The summed E-state index contributed by atoms with van der Waals surface area (Å²) < 4.78 is 7.10. The van der Waals surface area contributed by atoms with E-state index in [0.29, 0.717) is 12.5 Å². The molecule has 1 fully saturated rings. The summed E-state index contributed by atoms with van der Waals surface area (Å²) in [5, 5.41) is 13.8. The number of ether oxygens (including phenoxy) is 1. The second kappa shape index (κ2) is 7.33. The van der Waals surface area contributed by atoms with Gasteiger partial charge in [-0.15, -0.1) is 10.2 Å². The van der Waals surface area contributed by atoms with Gasteiger partial charge in [0.15, 0.2) is 5.82 Å². The molecule has 128 valence electrons. The van der Waals surface area contributed by atoms with Crippen LogP contribution < -0.4 is 15.4 Å². The molecular formula is C17H23N5O2. The van der Waals surface area contributed by atoms with Crippen molar-refractivity contribution in [3.8, 4) is 5.75 Å². The van der Waals surface area contributed by atoms with Crippen LogP contribution in [0.2, 0.25) is 0 Å². The van der Waals surface area contributed by atoms with Crippen LogP contribution in [0.25, 0.3) is 0 Å². The van der Waals surface area contributed by atoms with Crippen molar-refractivity contribution in [2.75, 3.05) is 7.11 Å². The number of urea groups is 1. The molecule has 7 nitrogen and oxygen atoms in total. The lowest BCUT2D eigenvalue weighted by Gasteiger charge is -2.19. The predicted octanol–water partition coefficient (Wildman–Crippen LogP) is 2.26. The van der Waals surface area contributed by atoms with Crippen molar-refractivity contribution < 1.29 is 9.53 Å². The first-order valence-corrected chi connectivity index (χ1v) is 8.26. The van der Waals surface area contributed by atoms with Crippen molar-refractivity contribution in [2.45, 2.75) is 38.9 Å². The number of carbonyl (C=O) groups is 1. The largest absolute Gasteiger partial charge is 0.497 e. The van der Waals surface area contributed by atoms with E-state index in [1.165, 1.54) is 0 Å². The van der Waals surface area contributed by atoms with E-state index < -0.39 is 0 Å². The lowest BCUT2D eigenvalue weighted by atomic mass is 10.0. The van der Waals surface area contributed by atoms with Gasteiger partial charge >= 0.3 is 6.03 Å². The number of benzene rings is 1. The Morgan fingerprint density at radius 2 is 2.12 bits per heavy atom. The summed E-state index contributed by atoms with van der Waals surface area (Å²) in [7, 11) is 1.65. The van der Waals surface area contributed by atoms with Crippen LogP contribution in [0.5, 0.6) is 5.75 Å². The zero-order valence-electron chi connectivity index (χ0n) is 14.0. The predicted molar refractivity (Wildman–Crippen MR) is 89.5 cm³/mol. The Morgan fingerprint density at radius 3 is 2.75 bits per heavy atom. The summed E-state index contributed by atoms with van der Waals surface area (Å²) in [6, 6.07) is 7.71. The van der Waals surface area contributed by atoms with Crippen LogP contribution in [0.3, 0.4) is 0 Å². The van der Waals surface area contributed by atoms with Crippen LogP contribution in [-0.2, 0) is 13.1 Å². The quantitative estimate of drug-likeness (QED) is 0.816. The number of nitrogens with zero attached hydrogens (tertiary/aromatic N) is 3. The summed E-state index contributed by atoms with van der Waals surface area (Å²) in [5.41, 5.74) is 1.10. The number of nitrogens with one attached hydrogen (secondary N) is 2. The van der Waals surface area contributed by atoms with Crippen LogP contribution in [0.15, 0.2) is 30.6 Å². The fourth-order valence-electron chi connectivity index (χ4n) is 2.75. The molecule has 0 saturated heterocycles. The van der Waals surface area contributed by atoms with Gasteiger partial charge in [0.25, 0.3) is 0 Å². The van der Waals surface area contributed by atoms with E-state index in [1.807, 2.05) is 35.8 Å². The fourth-order valence-corrected chi connectivity index (χ4v) is 2.75. The molecule has 7 heteroatoms. The van der Waals surface area contributed by atoms with Gasteiger partial charge < -0.3 is 19.9 Å². The number of carbonyl (C=O) groups excluding carboxylic acids is 1. The Hall–Kier alpha value is -2.57. The SMILES string of the molecule is CCn1cnnc1CNC(=O)N[C@H](c1ccc(OC)cc1)C1CC1. The highest BCUT2D eigenvalue weighted by Gasteiger charge is 2.33. The Bertz CT molecular complexity index is 679. The van der Waals surface area contributed by atoms with Crippen molar-refractivity contribution >= 4 is 6.03 Å². The van der Waals surface area contributed by atoms with Crippen molar-refractivity contribution in [1.29, 1.82) is 0 Å². The average molecular weight is 329 g/mol. The Morgan fingerprint density at radius 1 is 1.38 bits per heavy atom. The molecule has 0 unspecified atom stereocenters. The third kappa shape index (κ3) is 3.84. The van der Waals surface area contributed by atoms with Gasteiger partial charge in [0, 0.05) is 6.54 Å². The topological polar surface area (TPSA) is 81.1 Å². The van der Waals surface area contributed by atoms with Crippen molar-refractivity contribution in [1.82, 2.24) is 25.4 Å². The molecule has 0 radical (unpaired) electrons. The number of aryl methyl sites for hydroxylation is 1. The van der Waals surface area contributed by atoms with Crippen molar-refractivity contribution in [2.24, 2.45) is 5.92 Å². The third-order valence-electron chi connectivity index (χ3n) is 4.30. The molecule has 0 bridgehead atoms. The molecule has 2 aromatic rings. The van der Waals surface area contributed by atoms with Gasteiger partial charge in [-0.2, -0.15) is 0 Å². The van der Waals surface area contributed by atoms with E-state index in [-0.39, 0.29) is 12.1 Å². The van der Waals surface area contributed by atoms with Crippen LogP contribution in [0, 0.1) is 5.92 Å². The van der Waals surface area contributed by atoms with Crippen LogP contribution in [0.4, 0.5) is 4.79 Å². The maximum Gasteiger partial charge on any atom is 0.315 e. The Labute approximate surface area is 141 Å². The monoisotopic (exact) mass is 329 g/mol. The van der Waals surface area contributed by atoms with Gasteiger partial charge in [-0.25, -0.2) is 4.79 Å². The van der Waals surface area contributed by atoms with E-state index in [1.54, 1.807) is 13.4 Å². The molecule has 24 heavy (non-hydrogen) atoms. The molecule has 1 aromatic heterocycles. The van der Waals surface area contributed by atoms with E-state index in [0.717, 1.165) is 36.5 Å². The average Bonchev–Trinajstić information content (AvgIpc) is 3.35. The van der Waals surface area contributed by atoms with Gasteiger partial charge in [-0.1, -0.05) is 12.1 Å². The van der Waals surface area contributed by atoms with E-state index in [2.05, 4.69) is 20.8 Å². The molecule has 1 saturated carbocycles. The standard InChI is InChI=1S/C17H23N5O2/c1-3-22-11-19-21-15(22)10-18-17(23)20-16(12-4-5-12)13-6-8-14(24-2)9-7-13/h6-9,11-12,16H,3-5,10H2,1-2H3,(H2,18,20,23)/t16-/m0/s1. The zero-order chi connectivity index (χ0) is 16.9. The second-order valence-corrected chi connectivity index (χ2v) is 5.95. The molecule has 0 aliphatic heterocycles. The molecule has 1 aromatic carbocycles. The minimum atomic E-state index is -0.187. The van der Waals surface area contributed by atoms with Crippen molar-refractivity contribution in [3.05, 3.63) is 42.0 Å². The number of rotatable bonds is 7. The van der Waals surface area contributed by atoms with Gasteiger partial charge in [-0.05, 0) is 43.4 Å². The van der Waals surface area contributed by atoms with Crippen LogP contribution in [0.1, 0.15) is 37.2 Å². The fraction of sp³-hybridized carbons (Fsp3) is 0.471. The molecule has 0 spiro atoms. The lowest BCUT2D eigenvalue weighted by Crippen LogP contribution is -2.38. The molecule has 1 atom stereocenters. The minimum Gasteiger partial charge on any atom is -0.497 e. The molecule has 2 N–H and O–H groups in total. The minimum absolute atomic E-state index is 0.0277. The summed E-state index contributed by atoms with van der Waals surface area (Å²) in [5.74, 6) is 2.07. The van der Waals surface area contributed by atoms with Gasteiger partial charge in [0.05, 0.1) is 19.7 Å². The first kappa shape index (κ1) is 16.3.